The summed E-state index contributed by atoms with van der Waals surface area (Å²) in [7, 11) is 1.43. The van der Waals surface area contributed by atoms with Crippen molar-refractivity contribution in [2.45, 2.75) is 18.9 Å². The molecule has 24 heavy (non-hydrogen) atoms. The van der Waals surface area contributed by atoms with Gasteiger partial charge in [-0.2, -0.15) is 5.10 Å². The van der Waals surface area contributed by atoms with Crippen molar-refractivity contribution in [3.05, 3.63) is 41.3 Å². The third kappa shape index (κ3) is 2.58. The first-order chi connectivity index (χ1) is 11.7. The second kappa shape index (κ2) is 5.98. The molecule has 0 aliphatic heterocycles. The molecule has 0 N–H and O–H groups in total. The van der Waals surface area contributed by atoms with Crippen LogP contribution in [0.15, 0.2) is 41.3 Å². The van der Waals surface area contributed by atoms with Crippen LogP contribution < -0.4 is 0 Å². The molecule has 2 aromatic heterocycles. The lowest BCUT2D eigenvalue weighted by atomic mass is 9.79. The SMILES string of the molecule is COC(=O)C1CCC1n1cc(-c2cnc3ccc(Br)cc3n2)cn1. The third-order valence-corrected chi connectivity index (χ3v) is 4.98. The lowest BCUT2D eigenvalue weighted by molar-refractivity contribution is -0.151. The van der Waals surface area contributed by atoms with Gasteiger partial charge >= 0.3 is 5.97 Å². The molecule has 3 aromatic rings. The summed E-state index contributed by atoms with van der Waals surface area (Å²) in [6.45, 7) is 0. The molecule has 2 unspecified atom stereocenters. The van der Waals surface area contributed by atoms with E-state index in [4.69, 9.17) is 4.74 Å². The van der Waals surface area contributed by atoms with Crippen molar-refractivity contribution in [3.63, 3.8) is 0 Å². The first-order valence-corrected chi connectivity index (χ1v) is 8.49. The maximum atomic E-state index is 11.7. The van der Waals surface area contributed by atoms with Crippen LogP contribution in [0.3, 0.4) is 0 Å². The normalized spacial score (nSPS) is 19.9. The highest BCUT2D eigenvalue weighted by atomic mass is 79.9. The number of carbonyl (C=O) groups excluding carboxylic acids is 1. The molecule has 0 spiro atoms. The molecule has 1 saturated carbocycles. The predicted octanol–water partition coefficient (Wildman–Crippen LogP) is 3.38. The third-order valence-electron chi connectivity index (χ3n) is 4.48. The number of rotatable bonds is 3. The number of esters is 1. The fourth-order valence-electron chi connectivity index (χ4n) is 3.00. The van der Waals surface area contributed by atoms with Gasteiger partial charge in [-0.1, -0.05) is 15.9 Å². The van der Waals surface area contributed by atoms with Crippen molar-refractivity contribution in [2.24, 2.45) is 5.92 Å². The van der Waals surface area contributed by atoms with Crippen LogP contribution in [-0.4, -0.2) is 32.8 Å². The number of halogens is 1. The minimum atomic E-state index is -0.168. The van der Waals surface area contributed by atoms with Gasteiger partial charge in [0, 0.05) is 16.2 Å². The summed E-state index contributed by atoms with van der Waals surface area (Å²) in [6.07, 6.45) is 7.21. The summed E-state index contributed by atoms with van der Waals surface area (Å²) in [5, 5.41) is 4.41. The van der Waals surface area contributed by atoms with Crippen LogP contribution >= 0.6 is 15.9 Å². The molecule has 122 valence electrons. The smallest absolute Gasteiger partial charge is 0.310 e. The maximum absolute atomic E-state index is 11.7. The second-order valence-electron chi connectivity index (χ2n) is 5.87. The second-order valence-corrected chi connectivity index (χ2v) is 6.79. The number of ether oxygens (including phenoxy) is 1. The van der Waals surface area contributed by atoms with E-state index in [1.165, 1.54) is 7.11 Å². The molecule has 1 fully saturated rings. The van der Waals surface area contributed by atoms with E-state index < -0.39 is 0 Å². The zero-order chi connectivity index (χ0) is 16.7. The van der Waals surface area contributed by atoms with Crippen molar-refractivity contribution < 1.29 is 9.53 Å². The Kier molecular flexibility index (Phi) is 3.80. The number of fused-ring (bicyclic) bond motifs is 1. The molecular formula is C17H15BrN4O2. The zero-order valence-corrected chi connectivity index (χ0v) is 14.6. The van der Waals surface area contributed by atoms with Crippen molar-refractivity contribution in [2.75, 3.05) is 7.11 Å². The van der Waals surface area contributed by atoms with Crippen LogP contribution in [-0.2, 0) is 9.53 Å². The van der Waals surface area contributed by atoms with E-state index in [0.717, 1.165) is 39.6 Å². The van der Waals surface area contributed by atoms with E-state index in [9.17, 15) is 4.79 Å². The molecule has 1 aromatic carbocycles. The molecule has 6 nitrogen and oxygen atoms in total. The fraction of sp³-hybridized carbons (Fsp3) is 0.294. The number of methoxy groups -OCH3 is 1. The maximum Gasteiger partial charge on any atom is 0.310 e. The van der Waals surface area contributed by atoms with Crippen molar-refractivity contribution in [3.8, 4) is 11.3 Å². The van der Waals surface area contributed by atoms with Crippen LogP contribution in [0.5, 0.6) is 0 Å². The van der Waals surface area contributed by atoms with Crippen LogP contribution in [0.1, 0.15) is 18.9 Å². The molecule has 0 bridgehead atoms. The summed E-state index contributed by atoms with van der Waals surface area (Å²) in [5.74, 6) is -0.278. The predicted molar refractivity (Wildman–Crippen MR) is 92.2 cm³/mol. The Bertz CT molecular complexity index is 924. The molecule has 2 heterocycles. The standard InChI is InChI=1S/C17H15BrN4O2/c1-24-17(23)12-3-5-16(12)22-9-10(7-20-22)15-8-19-13-4-2-11(18)6-14(13)21-15/h2,4,6-9,12,16H,3,5H2,1H3. The van der Waals surface area contributed by atoms with Crippen molar-refractivity contribution in [1.82, 2.24) is 19.7 Å². The summed E-state index contributed by atoms with van der Waals surface area (Å²) in [4.78, 5) is 20.8. The molecule has 2 atom stereocenters. The topological polar surface area (TPSA) is 69.9 Å². The molecule has 4 rings (SSSR count). The number of nitrogens with zero attached hydrogens (tertiary/aromatic N) is 4. The van der Waals surface area contributed by atoms with Gasteiger partial charge in [-0.15, -0.1) is 0 Å². The van der Waals surface area contributed by atoms with Gasteiger partial charge in [-0.05, 0) is 31.0 Å². The Labute approximate surface area is 147 Å². The van der Waals surface area contributed by atoms with Gasteiger partial charge in [0.25, 0.3) is 0 Å². The van der Waals surface area contributed by atoms with Gasteiger partial charge in [0.2, 0.25) is 0 Å². The molecule has 0 radical (unpaired) electrons. The first kappa shape index (κ1) is 15.3. The number of benzene rings is 1. The molecule has 1 aliphatic carbocycles. The Morgan fingerprint density at radius 1 is 1.29 bits per heavy atom. The van der Waals surface area contributed by atoms with E-state index in [-0.39, 0.29) is 17.9 Å². The molecule has 7 heteroatoms. The van der Waals surface area contributed by atoms with Crippen LogP contribution in [0.2, 0.25) is 0 Å². The van der Waals surface area contributed by atoms with E-state index in [2.05, 4.69) is 31.0 Å². The largest absolute Gasteiger partial charge is 0.469 e. The minimum Gasteiger partial charge on any atom is -0.469 e. The molecule has 0 saturated heterocycles. The number of hydrogen-bond donors (Lipinski definition) is 0. The first-order valence-electron chi connectivity index (χ1n) is 7.70. The summed E-state index contributed by atoms with van der Waals surface area (Å²) < 4.78 is 7.66. The van der Waals surface area contributed by atoms with Gasteiger partial charge < -0.3 is 4.74 Å². The van der Waals surface area contributed by atoms with Gasteiger partial charge in [0.15, 0.2) is 0 Å². The lowest BCUT2D eigenvalue weighted by Gasteiger charge is -2.34. The quantitative estimate of drug-likeness (QED) is 0.645. The molecule has 1 aliphatic rings. The summed E-state index contributed by atoms with van der Waals surface area (Å²) in [5.41, 5.74) is 3.32. The molecule has 0 amide bonds. The highest BCUT2D eigenvalue weighted by Gasteiger charge is 2.39. The highest BCUT2D eigenvalue weighted by Crippen LogP contribution is 2.39. The zero-order valence-electron chi connectivity index (χ0n) is 13.0. The van der Waals surface area contributed by atoms with Gasteiger partial charge in [-0.25, -0.2) is 4.98 Å². The number of hydrogen-bond acceptors (Lipinski definition) is 5. The Morgan fingerprint density at radius 2 is 2.17 bits per heavy atom. The van der Waals surface area contributed by atoms with Crippen LogP contribution in [0, 0.1) is 5.92 Å². The van der Waals surface area contributed by atoms with Crippen molar-refractivity contribution >= 4 is 32.9 Å². The minimum absolute atomic E-state index is 0.0637. The lowest BCUT2D eigenvalue weighted by Crippen LogP contribution is -2.36. The monoisotopic (exact) mass is 386 g/mol. The van der Waals surface area contributed by atoms with Crippen LogP contribution in [0.4, 0.5) is 0 Å². The van der Waals surface area contributed by atoms with Crippen LogP contribution in [0.25, 0.3) is 22.3 Å². The van der Waals surface area contributed by atoms with E-state index in [0.29, 0.717) is 0 Å². The highest BCUT2D eigenvalue weighted by molar-refractivity contribution is 9.10. The van der Waals surface area contributed by atoms with Gasteiger partial charge in [0.1, 0.15) is 0 Å². The Hall–Kier alpha value is -2.28. The summed E-state index contributed by atoms with van der Waals surface area (Å²) >= 11 is 3.45. The number of carbonyl (C=O) groups is 1. The Balaban J connectivity index is 1.64. The fourth-order valence-corrected chi connectivity index (χ4v) is 3.35. The van der Waals surface area contributed by atoms with E-state index in [1.807, 2.05) is 29.1 Å². The van der Waals surface area contributed by atoms with Gasteiger partial charge in [0.05, 0.1) is 48.2 Å². The van der Waals surface area contributed by atoms with Crippen molar-refractivity contribution in [1.29, 1.82) is 0 Å². The summed E-state index contributed by atoms with van der Waals surface area (Å²) in [6, 6.07) is 5.87. The Morgan fingerprint density at radius 3 is 2.92 bits per heavy atom. The van der Waals surface area contributed by atoms with Gasteiger partial charge in [-0.3, -0.25) is 14.5 Å². The average Bonchev–Trinajstić information content (AvgIpc) is 3.02. The number of aromatic nitrogens is 4. The molecular weight excluding hydrogens is 372 g/mol. The van der Waals surface area contributed by atoms with E-state index >= 15 is 0 Å². The average molecular weight is 387 g/mol. The van der Waals surface area contributed by atoms with E-state index in [1.54, 1.807) is 12.4 Å².